The SMILES string of the molecule is c1ccc(P(c2ccccc2)c2ccccc2[Te+](c2ccccc2P(c2ccccc2)c2ccccc2)c2ccccc2P(c2ccccc2)c2ccccc2)cc1. The van der Waals surface area contributed by atoms with Gasteiger partial charge in [0.25, 0.3) is 0 Å². The van der Waals surface area contributed by atoms with Crippen LogP contribution in [-0.4, -0.2) is 19.6 Å². The molecule has 0 bridgehead atoms. The summed E-state index contributed by atoms with van der Waals surface area (Å²) in [5, 5.41) is 12.6. The van der Waals surface area contributed by atoms with Gasteiger partial charge in [0.15, 0.2) is 0 Å². The third-order valence-electron chi connectivity index (χ3n) is 10.1. The first-order chi connectivity index (χ1) is 28.8. The fraction of sp³-hybridized carbons (Fsp3) is 0. The Hall–Kier alpha value is -4.94. The predicted molar refractivity (Wildman–Crippen MR) is 260 cm³/mol. The molecule has 0 saturated carbocycles. The first-order valence-corrected chi connectivity index (χ1v) is 27.1. The van der Waals surface area contributed by atoms with Gasteiger partial charge in [-0.2, -0.15) is 0 Å². The summed E-state index contributed by atoms with van der Waals surface area (Å²) >= 11 is -2.79. The van der Waals surface area contributed by atoms with Crippen LogP contribution in [0.1, 0.15) is 0 Å². The average Bonchev–Trinajstić information content (AvgIpc) is 3.30. The molecule has 9 aromatic carbocycles. The van der Waals surface area contributed by atoms with Crippen molar-refractivity contribution in [3.8, 4) is 0 Å². The Morgan fingerprint density at radius 1 is 0.190 bits per heavy atom. The molecule has 0 fully saturated rings. The molecule has 0 nitrogen and oxygen atoms in total. The molecular formula is C54H42P3Te+. The number of hydrogen-bond donors (Lipinski definition) is 0. The van der Waals surface area contributed by atoms with E-state index in [-0.39, 0.29) is 0 Å². The molecule has 0 aliphatic rings. The van der Waals surface area contributed by atoms with Crippen molar-refractivity contribution in [3.05, 3.63) is 255 Å². The number of rotatable bonds is 12. The second kappa shape index (κ2) is 18.8. The topological polar surface area (TPSA) is 0 Å². The summed E-state index contributed by atoms with van der Waals surface area (Å²) in [4.78, 5) is 0. The molecule has 9 rings (SSSR count). The third kappa shape index (κ3) is 8.31. The Morgan fingerprint density at radius 2 is 0.362 bits per heavy atom. The van der Waals surface area contributed by atoms with E-state index >= 15 is 0 Å². The normalized spacial score (nSPS) is 11.4. The zero-order valence-corrected chi connectivity index (χ0v) is 37.0. The Balaban J connectivity index is 1.36. The third-order valence-corrected chi connectivity index (χ3v) is 25.8. The summed E-state index contributed by atoms with van der Waals surface area (Å²) in [7, 11) is -2.56. The van der Waals surface area contributed by atoms with Crippen molar-refractivity contribution in [2.75, 3.05) is 0 Å². The summed E-state index contributed by atoms with van der Waals surface area (Å²) in [6, 6.07) is 96.0. The van der Waals surface area contributed by atoms with Gasteiger partial charge in [-0.25, -0.2) is 0 Å². The molecule has 0 radical (unpaired) electrons. The first-order valence-electron chi connectivity index (χ1n) is 19.6. The van der Waals surface area contributed by atoms with Crippen LogP contribution in [0.3, 0.4) is 0 Å². The van der Waals surface area contributed by atoms with Gasteiger partial charge in [-0.3, -0.25) is 0 Å². The van der Waals surface area contributed by atoms with E-state index < -0.39 is 43.3 Å². The van der Waals surface area contributed by atoms with Crippen molar-refractivity contribution in [2.45, 2.75) is 0 Å². The summed E-state index contributed by atoms with van der Waals surface area (Å²) in [5.41, 5.74) is 0. The van der Waals surface area contributed by atoms with Crippen LogP contribution in [0.25, 0.3) is 0 Å². The fourth-order valence-electron chi connectivity index (χ4n) is 7.54. The molecule has 58 heavy (non-hydrogen) atoms. The zero-order chi connectivity index (χ0) is 38.9. The van der Waals surface area contributed by atoms with Gasteiger partial charge in [0.05, 0.1) is 0 Å². The van der Waals surface area contributed by atoms with E-state index in [0.29, 0.717) is 0 Å². The molecule has 0 saturated heterocycles. The standard InChI is InChI=1S/C54H42P3Te/c1-7-25-43(26-8-1)55(44-27-9-2-10-28-44)49-37-19-22-40-52(49)58(53-41-23-20-38-50(53)56(45-29-11-3-12-30-45)46-31-13-4-14-32-46)54-42-24-21-39-51(54)57(47-33-15-5-16-34-47)48-35-17-6-18-36-48/h1-42H/q+1. The fourth-order valence-corrected chi connectivity index (χ4v) is 24.9. The summed E-state index contributed by atoms with van der Waals surface area (Å²) in [6.45, 7) is 0. The molecule has 0 unspecified atom stereocenters. The van der Waals surface area contributed by atoms with Crippen molar-refractivity contribution < 1.29 is 0 Å². The molecule has 278 valence electrons. The molecule has 0 aliphatic carbocycles. The van der Waals surface area contributed by atoms with Crippen LogP contribution >= 0.6 is 23.8 Å². The van der Waals surface area contributed by atoms with Gasteiger partial charge in [-0.05, 0) is 0 Å². The van der Waals surface area contributed by atoms with Crippen molar-refractivity contribution in [2.24, 2.45) is 0 Å². The quantitative estimate of drug-likeness (QED) is 0.0883. The molecule has 0 N–H and O–H groups in total. The van der Waals surface area contributed by atoms with Gasteiger partial charge in [0.1, 0.15) is 0 Å². The maximum atomic E-state index is 2.50. The van der Waals surface area contributed by atoms with Crippen LogP contribution in [0.5, 0.6) is 0 Å². The molecular weight excluding hydrogens is 869 g/mol. The van der Waals surface area contributed by atoms with Crippen LogP contribution < -0.4 is 58.6 Å². The average molecular weight is 911 g/mol. The predicted octanol–water partition coefficient (Wildman–Crippen LogP) is 7.48. The second-order valence-electron chi connectivity index (χ2n) is 13.7. The van der Waals surface area contributed by atoms with Crippen LogP contribution in [0, 0.1) is 0 Å². The number of benzene rings is 9. The summed E-state index contributed by atoms with van der Waals surface area (Å²) in [6.07, 6.45) is 0. The Kier molecular flexibility index (Phi) is 12.5. The van der Waals surface area contributed by atoms with E-state index in [1.165, 1.54) is 58.6 Å². The van der Waals surface area contributed by atoms with Crippen LogP contribution in [-0.2, 0) is 0 Å². The van der Waals surface area contributed by atoms with Gasteiger partial charge < -0.3 is 0 Å². The molecule has 0 atom stereocenters. The molecule has 9 aromatic rings. The van der Waals surface area contributed by atoms with Gasteiger partial charge in [0.2, 0.25) is 0 Å². The van der Waals surface area contributed by atoms with Gasteiger partial charge >= 0.3 is 357 Å². The van der Waals surface area contributed by atoms with Gasteiger partial charge in [-0.1, -0.05) is 0 Å². The Labute approximate surface area is 354 Å². The molecule has 4 heteroatoms. The molecule has 0 amide bonds. The Morgan fingerprint density at radius 3 is 0.569 bits per heavy atom. The molecule has 0 aromatic heterocycles. The van der Waals surface area contributed by atoms with E-state index in [1.54, 1.807) is 0 Å². The minimum atomic E-state index is -2.79. The maximum absolute atomic E-state index is 2.79. The minimum absolute atomic E-state index is 0.852. The Bertz CT molecular complexity index is 2260. The van der Waals surface area contributed by atoms with Crippen LogP contribution in [0.15, 0.2) is 255 Å². The van der Waals surface area contributed by atoms with Gasteiger partial charge in [0, 0.05) is 0 Å². The van der Waals surface area contributed by atoms with E-state index in [9.17, 15) is 0 Å². The van der Waals surface area contributed by atoms with E-state index in [2.05, 4.69) is 255 Å². The van der Waals surface area contributed by atoms with Crippen molar-refractivity contribution in [1.29, 1.82) is 0 Å². The summed E-state index contributed by atoms with van der Waals surface area (Å²) in [5.74, 6) is 0. The monoisotopic (exact) mass is 913 g/mol. The van der Waals surface area contributed by atoms with E-state index in [1.807, 2.05) is 0 Å². The molecule has 0 heterocycles. The van der Waals surface area contributed by atoms with Crippen LogP contribution in [0.2, 0.25) is 0 Å². The first kappa shape index (κ1) is 38.6. The van der Waals surface area contributed by atoms with E-state index in [4.69, 9.17) is 0 Å². The van der Waals surface area contributed by atoms with Crippen molar-refractivity contribution in [3.63, 3.8) is 0 Å². The van der Waals surface area contributed by atoms with Gasteiger partial charge in [-0.15, -0.1) is 0 Å². The van der Waals surface area contributed by atoms with E-state index in [0.717, 1.165) is 0 Å². The number of hydrogen-bond acceptors (Lipinski definition) is 0. The van der Waals surface area contributed by atoms with Crippen LogP contribution in [0.4, 0.5) is 0 Å². The summed E-state index contributed by atoms with van der Waals surface area (Å²) < 4.78 is 4.57. The molecule has 0 aliphatic heterocycles. The molecule has 0 spiro atoms. The van der Waals surface area contributed by atoms with Crippen molar-refractivity contribution >= 4 is 102 Å². The van der Waals surface area contributed by atoms with Crippen molar-refractivity contribution in [1.82, 2.24) is 0 Å². The second-order valence-corrected chi connectivity index (χ2v) is 25.8. The zero-order valence-electron chi connectivity index (χ0n) is 32.0.